The molecule has 4 rings (SSSR count). The number of nitrogens with zero attached hydrogens (tertiary/aromatic N) is 3. The third-order valence-electron chi connectivity index (χ3n) is 6.47. The molecule has 4 amide bonds. The first-order valence-corrected chi connectivity index (χ1v) is 12.6. The van der Waals surface area contributed by atoms with Gasteiger partial charge in [0.2, 0.25) is 5.91 Å². The van der Waals surface area contributed by atoms with E-state index in [-0.39, 0.29) is 12.5 Å². The molecule has 37 heavy (non-hydrogen) atoms. The molecule has 1 aromatic heterocycles. The van der Waals surface area contributed by atoms with Gasteiger partial charge in [0.1, 0.15) is 11.9 Å². The second kappa shape index (κ2) is 11.2. The van der Waals surface area contributed by atoms with E-state index in [2.05, 4.69) is 10.3 Å². The van der Waals surface area contributed by atoms with Gasteiger partial charge in [-0.2, -0.15) is 0 Å². The third kappa shape index (κ3) is 5.70. The molecule has 3 atom stereocenters. The lowest BCUT2D eigenvalue weighted by Crippen LogP contribution is -2.70. The number of hydrogen-bond donors (Lipinski definition) is 2. The van der Waals surface area contributed by atoms with Gasteiger partial charge in [-0.25, -0.2) is 9.78 Å². The standard InChI is InChI=1S/C27H27Cl2N5O3/c1-3-22(17-6-4-7-18(28)14-17)32-27(37)34-24(26(36)33(2)20-9-5-8-19(29)15-20)21(25(34)35)12-16-10-11-31-23(30)13-16/h4-11,13-15,21-22,24H,3,12H2,1-2H3,(H2,30,31)(H,32,37)/t21-,22?,24+/m1/s1. The normalized spacial score (nSPS) is 17.6. The summed E-state index contributed by atoms with van der Waals surface area (Å²) >= 11 is 12.3. The number of likely N-dealkylation sites (tertiary alicyclic amines) is 1. The summed E-state index contributed by atoms with van der Waals surface area (Å²) in [5.41, 5.74) is 7.91. The quantitative estimate of drug-likeness (QED) is 0.416. The van der Waals surface area contributed by atoms with Gasteiger partial charge in [0, 0.05) is 29.0 Å². The minimum Gasteiger partial charge on any atom is -0.384 e. The average molecular weight is 540 g/mol. The number of carbonyl (C=O) groups excluding carboxylic acids is 3. The first-order valence-electron chi connectivity index (χ1n) is 11.8. The fraction of sp³-hybridized carbons (Fsp3) is 0.259. The van der Waals surface area contributed by atoms with E-state index in [0.717, 1.165) is 16.0 Å². The van der Waals surface area contributed by atoms with Crippen molar-refractivity contribution in [2.75, 3.05) is 17.7 Å². The van der Waals surface area contributed by atoms with Gasteiger partial charge in [-0.05, 0) is 66.4 Å². The SMILES string of the molecule is CCC(NC(=O)N1C(=O)[C@H](Cc2ccnc(N)c2)[C@H]1C(=O)N(C)c1cccc(Cl)c1)c1cccc(Cl)c1. The fourth-order valence-corrected chi connectivity index (χ4v) is 4.89. The summed E-state index contributed by atoms with van der Waals surface area (Å²) in [7, 11) is 1.59. The molecule has 2 heterocycles. The number of urea groups is 1. The minimum atomic E-state index is -1.01. The number of carbonyl (C=O) groups is 3. The summed E-state index contributed by atoms with van der Waals surface area (Å²) in [5, 5.41) is 3.90. The number of imide groups is 1. The van der Waals surface area contributed by atoms with Crippen molar-refractivity contribution in [1.29, 1.82) is 0 Å². The highest BCUT2D eigenvalue weighted by Gasteiger charge is 2.55. The van der Waals surface area contributed by atoms with E-state index >= 15 is 0 Å². The van der Waals surface area contributed by atoms with Crippen molar-refractivity contribution in [1.82, 2.24) is 15.2 Å². The van der Waals surface area contributed by atoms with Gasteiger partial charge in [-0.15, -0.1) is 0 Å². The molecule has 1 aliphatic rings. The molecule has 192 valence electrons. The molecular weight excluding hydrogens is 513 g/mol. The Morgan fingerprint density at radius 2 is 1.81 bits per heavy atom. The van der Waals surface area contributed by atoms with E-state index in [1.54, 1.807) is 67.8 Å². The van der Waals surface area contributed by atoms with Crippen LogP contribution in [0, 0.1) is 5.92 Å². The molecule has 0 bridgehead atoms. The Hall–Kier alpha value is -3.62. The molecule has 0 spiro atoms. The van der Waals surface area contributed by atoms with E-state index in [1.165, 1.54) is 4.90 Å². The van der Waals surface area contributed by atoms with Gasteiger partial charge in [-0.3, -0.25) is 14.5 Å². The number of benzene rings is 2. The van der Waals surface area contributed by atoms with Crippen LogP contribution in [0.25, 0.3) is 0 Å². The topological polar surface area (TPSA) is 109 Å². The highest BCUT2D eigenvalue weighted by atomic mass is 35.5. The van der Waals surface area contributed by atoms with Crippen molar-refractivity contribution in [2.24, 2.45) is 5.92 Å². The van der Waals surface area contributed by atoms with Crippen LogP contribution in [0.5, 0.6) is 0 Å². The number of pyridine rings is 1. The van der Waals surface area contributed by atoms with Crippen LogP contribution in [0.3, 0.4) is 0 Å². The summed E-state index contributed by atoms with van der Waals surface area (Å²) in [6, 6.07) is 15.3. The number of amides is 4. The first-order chi connectivity index (χ1) is 17.7. The van der Waals surface area contributed by atoms with E-state index in [4.69, 9.17) is 28.9 Å². The monoisotopic (exact) mass is 539 g/mol. The zero-order valence-corrected chi connectivity index (χ0v) is 21.9. The molecule has 2 aromatic carbocycles. The maximum atomic E-state index is 13.7. The van der Waals surface area contributed by atoms with Gasteiger partial charge in [0.15, 0.2) is 0 Å². The van der Waals surface area contributed by atoms with E-state index in [0.29, 0.717) is 28.0 Å². The Bertz CT molecular complexity index is 1330. The molecule has 3 N–H and O–H groups in total. The predicted molar refractivity (Wildman–Crippen MR) is 144 cm³/mol. The molecule has 0 radical (unpaired) electrons. The van der Waals surface area contributed by atoms with Crippen LogP contribution < -0.4 is 16.0 Å². The Balaban J connectivity index is 1.61. The van der Waals surface area contributed by atoms with Crippen molar-refractivity contribution in [3.05, 3.63) is 88.0 Å². The lowest BCUT2D eigenvalue weighted by molar-refractivity contribution is -0.156. The predicted octanol–water partition coefficient (Wildman–Crippen LogP) is 4.86. The van der Waals surface area contributed by atoms with Crippen LogP contribution in [-0.4, -0.2) is 40.8 Å². The Labute approximate surface area is 225 Å². The summed E-state index contributed by atoms with van der Waals surface area (Å²) in [4.78, 5) is 46.8. The number of rotatable bonds is 7. The van der Waals surface area contributed by atoms with Crippen LogP contribution in [0.1, 0.15) is 30.5 Å². The summed E-state index contributed by atoms with van der Waals surface area (Å²) < 4.78 is 0. The van der Waals surface area contributed by atoms with E-state index in [1.807, 2.05) is 13.0 Å². The van der Waals surface area contributed by atoms with Gasteiger partial charge >= 0.3 is 6.03 Å². The van der Waals surface area contributed by atoms with E-state index < -0.39 is 29.8 Å². The Kier molecular flexibility index (Phi) is 8.00. The van der Waals surface area contributed by atoms with Crippen molar-refractivity contribution in [3.8, 4) is 0 Å². The minimum absolute atomic E-state index is 0.237. The number of nitrogen functional groups attached to an aromatic ring is 1. The smallest absolute Gasteiger partial charge is 0.325 e. The highest BCUT2D eigenvalue weighted by molar-refractivity contribution is 6.31. The van der Waals surface area contributed by atoms with Crippen molar-refractivity contribution in [2.45, 2.75) is 31.8 Å². The molecule has 3 aromatic rings. The van der Waals surface area contributed by atoms with Gasteiger partial charge in [0.25, 0.3) is 5.91 Å². The second-order valence-electron chi connectivity index (χ2n) is 8.90. The molecule has 10 heteroatoms. The fourth-order valence-electron chi connectivity index (χ4n) is 4.51. The first kappa shape index (κ1) is 26.4. The summed E-state index contributed by atoms with van der Waals surface area (Å²) in [6.45, 7) is 1.91. The van der Waals surface area contributed by atoms with Crippen LogP contribution in [-0.2, 0) is 16.0 Å². The molecular formula is C27H27Cl2N5O3. The molecule has 1 aliphatic heterocycles. The van der Waals surface area contributed by atoms with Gasteiger partial charge in [0.05, 0.1) is 12.0 Å². The van der Waals surface area contributed by atoms with Crippen molar-refractivity contribution < 1.29 is 14.4 Å². The number of halogens is 2. The maximum absolute atomic E-state index is 13.7. The Morgan fingerprint density at radius 1 is 1.11 bits per heavy atom. The van der Waals surface area contributed by atoms with Crippen LogP contribution in [0.4, 0.5) is 16.3 Å². The van der Waals surface area contributed by atoms with Gasteiger partial charge < -0.3 is 16.0 Å². The maximum Gasteiger partial charge on any atom is 0.325 e. The zero-order valence-electron chi connectivity index (χ0n) is 20.4. The molecule has 8 nitrogen and oxygen atoms in total. The summed E-state index contributed by atoms with van der Waals surface area (Å²) in [5.74, 6) is -1.27. The molecule has 0 aliphatic carbocycles. The van der Waals surface area contributed by atoms with Crippen LogP contribution in [0.15, 0.2) is 66.9 Å². The second-order valence-corrected chi connectivity index (χ2v) is 9.77. The van der Waals surface area contributed by atoms with Crippen LogP contribution in [0.2, 0.25) is 10.0 Å². The number of β-lactam (4-membered cyclic amide) rings is 1. The van der Waals surface area contributed by atoms with E-state index in [9.17, 15) is 14.4 Å². The third-order valence-corrected chi connectivity index (χ3v) is 6.94. The van der Waals surface area contributed by atoms with Crippen molar-refractivity contribution in [3.63, 3.8) is 0 Å². The highest BCUT2D eigenvalue weighted by Crippen LogP contribution is 2.34. The number of likely N-dealkylation sites (N-methyl/N-ethyl adjacent to an activating group) is 1. The summed E-state index contributed by atoms with van der Waals surface area (Å²) in [6.07, 6.45) is 2.35. The number of aromatic nitrogens is 1. The Morgan fingerprint density at radius 3 is 2.46 bits per heavy atom. The number of nitrogens with two attached hydrogens (primary N) is 1. The molecule has 1 saturated heterocycles. The molecule has 1 fully saturated rings. The molecule has 1 unspecified atom stereocenters. The lowest BCUT2D eigenvalue weighted by atomic mass is 9.81. The lowest BCUT2D eigenvalue weighted by Gasteiger charge is -2.46. The van der Waals surface area contributed by atoms with Crippen LogP contribution >= 0.6 is 23.2 Å². The number of hydrogen-bond acceptors (Lipinski definition) is 5. The number of anilines is 2. The van der Waals surface area contributed by atoms with Gasteiger partial charge in [-0.1, -0.05) is 48.3 Å². The largest absolute Gasteiger partial charge is 0.384 e. The average Bonchev–Trinajstić information content (AvgIpc) is 2.87. The number of nitrogens with one attached hydrogen (secondary N) is 1. The molecule has 0 saturated carbocycles. The van der Waals surface area contributed by atoms with Crippen molar-refractivity contribution >= 4 is 52.6 Å². The zero-order chi connectivity index (χ0) is 26.7.